The monoisotopic (exact) mass is 388 g/mol. The molecule has 3 N–H and O–H groups in total. The fourth-order valence-electron chi connectivity index (χ4n) is 1.98. The minimum atomic E-state index is -0.425. The second-order valence-corrected chi connectivity index (χ2v) is 6.06. The highest BCUT2D eigenvalue weighted by Crippen LogP contribution is 2.21. The lowest BCUT2D eigenvalue weighted by molar-refractivity contribution is -0.385. The molecule has 0 saturated heterocycles. The molecule has 0 heterocycles. The van der Waals surface area contributed by atoms with Crippen molar-refractivity contribution in [2.75, 3.05) is 5.32 Å². The first-order chi connectivity index (χ1) is 12.7. The molecule has 142 valence electrons. The van der Waals surface area contributed by atoms with Crippen LogP contribution in [0, 0.1) is 30.9 Å². The molecular formula is C19H21ClN4O3. The van der Waals surface area contributed by atoms with Gasteiger partial charge in [0.05, 0.1) is 4.92 Å². The largest absolute Gasteiger partial charge is 0.384 e. The predicted molar refractivity (Wildman–Crippen MR) is 109 cm³/mol. The van der Waals surface area contributed by atoms with Gasteiger partial charge < -0.3 is 11.1 Å². The lowest BCUT2D eigenvalue weighted by Crippen LogP contribution is -2.08. The highest BCUT2D eigenvalue weighted by Gasteiger charge is 2.08. The molecule has 27 heavy (non-hydrogen) atoms. The summed E-state index contributed by atoms with van der Waals surface area (Å²) >= 11 is 5.60. The first-order valence-corrected chi connectivity index (χ1v) is 8.30. The van der Waals surface area contributed by atoms with Gasteiger partial charge in [0, 0.05) is 28.5 Å². The Bertz CT molecular complexity index is 879. The highest BCUT2D eigenvalue weighted by molar-refractivity contribution is 6.30. The van der Waals surface area contributed by atoms with Gasteiger partial charge in [-0.15, -0.1) is 0 Å². The summed E-state index contributed by atoms with van der Waals surface area (Å²) in [5.74, 6) is 0.173. The maximum Gasteiger partial charge on any atom is 0.272 e. The molecule has 0 atom stereocenters. The van der Waals surface area contributed by atoms with E-state index >= 15 is 0 Å². The SMILES string of the molecule is Cc1cc(Cl)ccc1[N+](=O)[O-].Cc1ccc(N/C=C\C(N)=NC=O)cc1C. The van der Waals surface area contributed by atoms with Crippen LogP contribution in [0.1, 0.15) is 16.7 Å². The van der Waals surface area contributed by atoms with Crippen molar-refractivity contribution >= 4 is 35.2 Å². The fourth-order valence-corrected chi connectivity index (χ4v) is 2.21. The van der Waals surface area contributed by atoms with E-state index in [1.54, 1.807) is 19.2 Å². The third kappa shape index (κ3) is 7.70. The van der Waals surface area contributed by atoms with Crippen LogP contribution < -0.4 is 11.1 Å². The van der Waals surface area contributed by atoms with Crippen LogP contribution in [0.15, 0.2) is 53.7 Å². The Labute approximate surface area is 162 Å². The fraction of sp³-hybridized carbons (Fsp3) is 0.158. The summed E-state index contributed by atoms with van der Waals surface area (Å²) in [6.45, 7) is 5.76. The Balaban J connectivity index is 0.000000289. The zero-order valence-electron chi connectivity index (χ0n) is 15.3. The summed E-state index contributed by atoms with van der Waals surface area (Å²) in [7, 11) is 0. The van der Waals surface area contributed by atoms with Crippen LogP contribution in [0.5, 0.6) is 0 Å². The number of carbonyl (C=O) groups excluding carboxylic acids is 1. The summed E-state index contributed by atoms with van der Waals surface area (Å²) in [6, 6.07) is 10.5. The molecule has 0 saturated carbocycles. The number of nitrogens with zero attached hydrogens (tertiary/aromatic N) is 2. The van der Waals surface area contributed by atoms with E-state index in [4.69, 9.17) is 17.3 Å². The molecule has 8 heteroatoms. The van der Waals surface area contributed by atoms with Gasteiger partial charge in [-0.05, 0) is 62.2 Å². The molecule has 7 nitrogen and oxygen atoms in total. The van der Waals surface area contributed by atoms with Gasteiger partial charge in [0.25, 0.3) is 5.69 Å². The van der Waals surface area contributed by atoms with Gasteiger partial charge >= 0.3 is 0 Å². The molecule has 0 aliphatic carbocycles. The molecule has 1 amide bonds. The van der Waals surface area contributed by atoms with Gasteiger partial charge in [-0.2, -0.15) is 4.99 Å². The highest BCUT2D eigenvalue weighted by atomic mass is 35.5. The number of nitrogens with one attached hydrogen (secondary N) is 1. The minimum Gasteiger partial charge on any atom is -0.384 e. The first-order valence-electron chi connectivity index (χ1n) is 7.92. The van der Waals surface area contributed by atoms with Gasteiger partial charge in [-0.3, -0.25) is 14.9 Å². The molecular weight excluding hydrogens is 368 g/mol. The maximum absolute atomic E-state index is 10.3. The third-order valence-corrected chi connectivity index (χ3v) is 3.80. The average molecular weight is 389 g/mol. The van der Waals surface area contributed by atoms with Gasteiger partial charge in [0.15, 0.2) is 0 Å². The van der Waals surface area contributed by atoms with Crippen LogP contribution in [0.2, 0.25) is 5.02 Å². The number of aliphatic imine (C=N–C) groups is 1. The lowest BCUT2D eigenvalue weighted by atomic mass is 10.1. The molecule has 0 fully saturated rings. The predicted octanol–water partition coefficient (Wildman–Crippen LogP) is 4.30. The zero-order valence-corrected chi connectivity index (χ0v) is 16.0. The molecule has 0 aromatic heterocycles. The number of anilines is 1. The van der Waals surface area contributed by atoms with Crippen LogP contribution in [-0.4, -0.2) is 17.2 Å². The van der Waals surface area contributed by atoms with Gasteiger partial charge in [-0.25, -0.2) is 0 Å². The lowest BCUT2D eigenvalue weighted by Gasteiger charge is -2.04. The van der Waals surface area contributed by atoms with E-state index in [-0.39, 0.29) is 11.5 Å². The van der Waals surface area contributed by atoms with E-state index in [2.05, 4.69) is 17.2 Å². The Morgan fingerprint density at radius 1 is 1.15 bits per heavy atom. The number of benzene rings is 2. The minimum absolute atomic E-state index is 0.106. The summed E-state index contributed by atoms with van der Waals surface area (Å²) in [4.78, 5) is 23.3. The number of nitrogens with two attached hydrogens (primary N) is 1. The first kappa shape index (κ1) is 21.9. The Morgan fingerprint density at radius 3 is 2.41 bits per heavy atom. The van der Waals surface area contributed by atoms with Crippen LogP contribution in [0.25, 0.3) is 0 Å². The normalized spacial score (nSPS) is 10.9. The second kappa shape index (κ2) is 10.7. The zero-order chi connectivity index (χ0) is 20.4. The molecule has 0 aliphatic rings. The van der Waals surface area contributed by atoms with Crippen LogP contribution in [-0.2, 0) is 4.79 Å². The molecule has 2 rings (SSSR count). The van der Waals surface area contributed by atoms with E-state index < -0.39 is 4.92 Å². The topological polar surface area (TPSA) is 111 Å². The van der Waals surface area contributed by atoms with Crippen molar-refractivity contribution in [3.05, 3.63) is 80.5 Å². The van der Waals surface area contributed by atoms with Crippen molar-refractivity contribution in [2.24, 2.45) is 10.7 Å². The molecule has 0 bridgehead atoms. The van der Waals surface area contributed by atoms with E-state index in [1.165, 1.54) is 29.3 Å². The molecule has 0 aliphatic heterocycles. The number of halogens is 1. The summed E-state index contributed by atoms with van der Waals surface area (Å²) in [6.07, 6.45) is 3.59. The van der Waals surface area contributed by atoms with Crippen molar-refractivity contribution < 1.29 is 9.72 Å². The Hall–Kier alpha value is -3.19. The van der Waals surface area contributed by atoms with E-state index in [1.807, 2.05) is 25.1 Å². The van der Waals surface area contributed by atoms with Crippen LogP contribution in [0.3, 0.4) is 0 Å². The van der Waals surface area contributed by atoms with Gasteiger partial charge in [-0.1, -0.05) is 17.7 Å². The van der Waals surface area contributed by atoms with Crippen LogP contribution in [0.4, 0.5) is 11.4 Å². The van der Waals surface area contributed by atoms with E-state index in [9.17, 15) is 14.9 Å². The molecule has 0 spiro atoms. The quantitative estimate of drug-likeness (QED) is 0.261. The Morgan fingerprint density at radius 2 is 1.85 bits per heavy atom. The molecule has 0 unspecified atom stereocenters. The Kier molecular flexibility index (Phi) is 8.68. The number of nitro benzene ring substituents is 1. The number of carbonyl (C=O) groups is 1. The molecule has 2 aromatic carbocycles. The molecule has 0 radical (unpaired) electrons. The summed E-state index contributed by atoms with van der Waals surface area (Å²) < 4.78 is 0. The van der Waals surface area contributed by atoms with Crippen molar-refractivity contribution in [1.29, 1.82) is 0 Å². The number of rotatable bonds is 5. The van der Waals surface area contributed by atoms with E-state index in [0.717, 1.165) is 5.69 Å². The van der Waals surface area contributed by atoms with Crippen molar-refractivity contribution in [1.82, 2.24) is 0 Å². The van der Waals surface area contributed by atoms with Crippen molar-refractivity contribution in [3.63, 3.8) is 0 Å². The van der Waals surface area contributed by atoms with Crippen LogP contribution >= 0.6 is 11.6 Å². The maximum atomic E-state index is 10.3. The standard InChI is InChI=1S/C12H15N3O.C7H6ClNO2/c1-9-3-4-11(7-10(9)2)14-6-5-12(13)15-8-16;1-5-4-6(8)2-3-7(5)9(10)11/h3-8,14H,1-2H3,(H2,13,15,16);2-4H,1H3/b6-5-;. The number of aryl methyl sites for hydroxylation is 3. The second-order valence-electron chi connectivity index (χ2n) is 5.62. The van der Waals surface area contributed by atoms with Gasteiger partial charge in [0.2, 0.25) is 6.41 Å². The van der Waals surface area contributed by atoms with Gasteiger partial charge in [0.1, 0.15) is 5.84 Å². The molecule has 2 aromatic rings. The number of hydrogen-bond acceptors (Lipinski definition) is 4. The average Bonchev–Trinajstić information content (AvgIpc) is 2.58. The third-order valence-electron chi connectivity index (χ3n) is 3.57. The summed E-state index contributed by atoms with van der Waals surface area (Å²) in [5, 5.41) is 13.9. The summed E-state index contributed by atoms with van der Waals surface area (Å²) in [5.41, 5.74) is 9.52. The number of hydrogen-bond donors (Lipinski definition) is 2. The number of nitro groups is 1. The number of amides is 1. The van der Waals surface area contributed by atoms with Crippen molar-refractivity contribution in [2.45, 2.75) is 20.8 Å². The van der Waals surface area contributed by atoms with E-state index in [0.29, 0.717) is 17.0 Å². The number of amidine groups is 1. The van der Waals surface area contributed by atoms with Crippen molar-refractivity contribution in [3.8, 4) is 0 Å². The smallest absolute Gasteiger partial charge is 0.272 e.